The van der Waals surface area contributed by atoms with Crippen LogP contribution in [-0.2, 0) is 0 Å². The number of nitrogens with two attached hydrogens (primary N) is 1. The summed E-state index contributed by atoms with van der Waals surface area (Å²) in [5.74, 6) is -0.799. The lowest BCUT2D eigenvalue weighted by atomic mass is 10.3. The molecule has 0 saturated heterocycles. The number of hydrogen-bond acceptors (Lipinski definition) is 4. The first-order valence-electron chi connectivity index (χ1n) is 3.51. The third kappa shape index (κ3) is 1.18. The summed E-state index contributed by atoms with van der Waals surface area (Å²) >= 11 is 0. The Morgan fingerprint density at radius 3 is 3.08 bits per heavy atom. The van der Waals surface area contributed by atoms with E-state index >= 15 is 0 Å². The van der Waals surface area contributed by atoms with Gasteiger partial charge in [-0.15, -0.1) is 0 Å². The summed E-state index contributed by atoms with van der Waals surface area (Å²) in [6, 6.07) is 1.44. The maximum absolute atomic E-state index is 10.5. The molecule has 2 heterocycles. The van der Waals surface area contributed by atoms with Gasteiger partial charge in [-0.2, -0.15) is 4.98 Å². The van der Waals surface area contributed by atoms with E-state index in [4.69, 9.17) is 10.8 Å². The molecule has 2 rings (SSSR count). The van der Waals surface area contributed by atoms with Crippen molar-refractivity contribution in [3.05, 3.63) is 17.8 Å². The van der Waals surface area contributed by atoms with E-state index in [1.54, 1.807) is 0 Å². The molecule has 0 aromatic carbocycles. The number of pyridine rings is 1. The predicted octanol–water partition coefficient (Wildman–Crippen LogP) is 0.238. The molecule has 6 nitrogen and oxygen atoms in total. The van der Waals surface area contributed by atoms with Gasteiger partial charge in [0.15, 0.2) is 11.6 Å². The lowest BCUT2D eigenvalue weighted by molar-refractivity contribution is 0.0696. The normalized spacial score (nSPS) is 10.5. The highest BCUT2D eigenvalue weighted by molar-refractivity contribution is 5.91. The van der Waals surface area contributed by atoms with E-state index in [2.05, 4.69) is 15.0 Å². The monoisotopic (exact) mass is 178 g/mol. The zero-order valence-corrected chi connectivity index (χ0v) is 6.48. The van der Waals surface area contributed by atoms with Gasteiger partial charge in [-0.1, -0.05) is 0 Å². The van der Waals surface area contributed by atoms with Crippen LogP contribution < -0.4 is 5.73 Å². The SMILES string of the molecule is Nc1nc2ncc(C(=O)O)cc2[nH]1. The molecule has 0 atom stereocenters. The molecule has 2 aromatic heterocycles. The summed E-state index contributed by atoms with van der Waals surface area (Å²) in [6.45, 7) is 0. The minimum absolute atomic E-state index is 0.108. The standard InChI is InChI=1S/C7H6N4O2/c8-7-10-4-1-3(6(12)13)2-9-5(4)11-7/h1-2H,(H,12,13)(H3,8,9,10,11). The first kappa shape index (κ1) is 7.53. The number of imidazole rings is 1. The van der Waals surface area contributed by atoms with Crippen LogP contribution in [-0.4, -0.2) is 26.0 Å². The van der Waals surface area contributed by atoms with Crippen molar-refractivity contribution in [2.75, 3.05) is 5.73 Å². The topological polar surface area (TPSA) is 105 Å². The number of nitrogen functional groups attached to an aromatic ring is 1. The Bertz CT molecular complexity index is 476. The van der Waals surface area contributed by atoms with Crippen LogP contribution in [0.4, 0.5) is 5.95 Å². The molecule has 0 aliphatic heterocycles. The third-order valence-electron chi connectivity index (χ3n) is 1.60. The van der Waals surface area contributed by atoms with Gasteiger partial charge in [0.2, 0.25) is 0 Å². The average molecular weight is 178 g/mol. The second-order valence-corrected chi connectivity index (χ2v) is 2.52. The average Bonchev–Trinajstić information content (AvgIpc) is 2.42. The second kappa shape index (κ2) is 2.44. The van der Waals surface area contributed by atoms with E-state index in [9.17, 15) is 4.79 Å². The molecule has 2 aromatic rings. The zero-order chi connectivity index (χ0) is 9.42. The molecule has 0 bridgehead atoms. The smallest absolute Gasteiger partial charge is 0.337 e. The number of hydrogen-bond donors (Lipinski definition) is 3. The van der Waals surface area contributed by atoms with Crippen molar-refractivity contribution in [3.63, 3.8) is 0 Å². The Morgan fingerprint density at radius 2 is 2.38 bits per heavy atom. The molecule has 4 N–H and O–H groups in total. The van der Waals surface area contributed by atoms with Crippen molar-refractivity contribution in [2.45, 2.75) is 0 Å². The summed E-state index contributed by atoms with van der Waals surface area (Å²) in [6.07, 6.45) is 1.24. The van der Waals surface area contributed by atoms with Crippen molar-refractivity contribution in [1.82, 2.24) is 15.0 Å². The largest absolute Gasteiger partial charge is 0.478 e. The fourth-order valence-corrected chi connectivity index (χ4v) is 1.04. The van der Waals surface area contributed by atoms with Gasteiger partial charge < -0.3 is 15.8 Å². The summed E-state index contributed by atoms with van der Waals surface area (Å²) < 4.78 is 0. The Hall–Kier alpha value is -2.11. The summed E-state index contributed by atoms with van der Waals surface area (Å²) in [5.41, 5.74) is 6.41. The number of aromatic nitrogens is 3. The molecule has 0 spiro atoms. The van der Waals surface area contributed by atoms with Crippen molar-refractivity contribution >= 4 is 23.1 Å². The molecule has 0 unspecified atom stereocenters. The quantitative estimate of drug-likeness (QED) is 0.580. The van der Waals surface area contributed by atoms with Gasteiger partial charge >= 0.3 is 5.97 Å². The van der Waals surface area contributed by atoms with Crippen molar-refractivity contribution in [2.24, 2.45) is 0 Å². The minimum atomic E-state index is -1.03. The van der Waals surface area contributed by atoms with Crippen LogP contribution >= 0.6 is 0 Å². The molecule has 0 saturated carbocycles. The number of rotatable bonds is 1. The maximum atomic E-state index is 10.5. The molecule has 66 valence electrons. The number of carboxylic acids is 1. The first-order valence-corrected chi connectivity index (χ1v) is 3.51. The van der Waals surface area contributed by atoms with Gasteiger partial charge in [0.1, 0.15) is 0 Å². The van der Waals surface area contributed by atoms with Gasteiger partial charge in [0.25, 0.3) is 0 Å². The number of carbonyl (C=O) groups is 1. The highest BCUT2D eigenvalue weighted by atomic mass is 16.4. The van der Waals surface area contributed by atoms with E-state index in [0.717, 1.165) is 0 Å². The lowest BCUT2D eigenvalue weighted by Crippen LogP contribution is -1.96. The first-order chi connectivity index (χ1) is 6.16. The van der Waals surface area contributed by atoms with Crippen LogP contribution in [0.15, 0.2) is 12.3 Å². The van der Waals surface area contributed by atoms with E-state index in [1.165, 1.54) is 12.3 Å². The number of nitrogens with zero attached hydrogens (tertiary/aromatic N) is 2. The number of fused-ring (bicyclic) bond motifs is 1. The Balaban J connectivity index is 2.67. The summed E-state index contributed by atoms with van der Waals surface area (Å²) in [7, 11) is 0. The van der Waals surface area contributed by atoms with Gasteiger partial charge in [-0.05, 0) is 6.07 Å². The number of aromatic amines is 1. The Kier molecular flexibility index (Phi) is 1.42. The predicted molar refractivity (Wildman–Crippen MR) is 45.3 cm³/mol. The molecule has 0 radical (unpaired) electrons. The number of carboxylic acid groups (broad SMARTS) is 1. The van der Waals surface area contributed by atoms with Crippen LogP contribution in [0.5, 0.6) is 0 Å². The minimum Gasteiger partial charge on any atom is -0.478 e. The highest BCUT2D eigenvalue weighted by Gasteiger charge is 2.06. The number of H-pyrrole nitrogens is 1. The van der Waals surface area contributed by atoms with Crippen molar-refractivity contribution < 1.29 is 9.90 Å². The summed E-state index contributed by atoms with van der Waals surface area (Å²) in [5, 5.41) is 8.65. The van der Waals surface area contributed by atoms with Crippen LogP contribution in [0.3, 0.4) is 0 Å². The zero-order valence-electron chi connectivity index (χ0n) is 6.48. The van der Waals surface area contributed by atoms with E-state index in [1.807, 2.05) is 0 Å². The Labute approximate surface area is 72.4 Å². The molecule has 0 fully saturated rings. The molecule has 6 heteroatoms. The fraction of sp³-hybridized carbons (Fsp3) is 0. The molecule has 0 aliphatic carbocycles. The third-order valence-corrected chi connectivity index (χ3v) is 1.60. The molecule has 0 amide bonds. The van der Waals surface area contributed by atoms with E-state index in [0.29, 0.717) is 11.2 Å². The van der Waals surface area contributed by atoms with Crippen molar-refractivity contribution in [1.29, 1.82) is 0 Å². The van der Waals surface area contributed by atoms with Gasteiger partial charge in [0, 0.05) is 6.20 Å². The van der Waals surface area contributed by atoms with Gasteiger partial charge in [0.05, 0.1) is 11.1 Å². The van der Waals surface area contributed by atoms with E-state index in [-0.39, 0.29) is 11.5 Å². The van der Waals surface area contributed by atoms with Crippen LogP contribution in [0, 0.1) is 0 Å². The van der Waals surface area contributed by atoms with Crippen LogP contribution in [0.25, 0.3) is 11.2 Å². The van der Waals surface area contributed by atoms with Crippen LogP contribution in [0.1, 0.15) is 10.4 Å². The van der Waals surface area contributed by atoms with Gasteiger partial charge in [-0.25, -0.2) is 9.78 Å². The number of aromatic carboxylic acids is 1. The number of anilines is 1. The van der Waals surface area contributed by atoms with Crippen molar-refractivity contribution in [3.8, 4) is 0 Å². The van der Waals surface area contributed by atoms with Crippen LogP contribution in [0.2, 0.25) is 0 Å². The maximum Gasteiger partial charge on any atom is 0.337 e. The fourth-order valence-electron chi connectivity index (χ4n) is 1.04. The molecular weight excluding hydrogens is 172 g/mol. The highest BCUT2D eigenvalue weighted by Crippen LogP contribution is 2.11. The number of nitrogens with one attached hydrogen (secondary N) is 1. The van der Waals surface area contributed by atoms with Gasteiger partial charge in [-0.3, -0.25) is 0 Å². The molecule has 0 aliphatic rings. The Morgan fingerprint density at radius 1 is 1.62 bits per heavy atom. The molecular formula is C7H6N4O2. The lowest BCUT2D eigenvalue weighted by Gasteiger charge is -1.91. The molecule has 13 heavy (non-hydrogen) atoms. The second-order valence-electron chi connectivity index (χ2n) is 2.52. The van der Waals surface area contributed by atoms with E-state index < -0.39 is 5.97 Å². The summed E-state index contributed by atoms with van der Waals surface area (Å²) in [4.78, 5) is 20.9.